The fourth-order valence-corrected chi connectivity index (χ4v) is 1.92. The van der Waals surface area contributed by atoms with Gasteiger partial charge in [-0.3, -0.25) is 0 Å². The number of benzene rings is 1. The Kier molecular flexibility index (Phi) is 3.42. The van der Waals surface area contributed by atoms with Crippen LogP contribution in [0.3, 0.4) is 0 Å². The van der Waals surface area contributed by atoms with Crippen molar-refractivity contribution in [3.05, 3.63) is 66.0 Å². The monoisotopic (exact) mass is 215 g/mol. The summed E-state index contributed by atoms with van der Waals surface area (Å²) in [7, 11) is 3.38. The Morgan fingerprint density at radius 1 is 1.00 bits per heavy atom. The van der Waals surface area contributed by atoms with Crippen LogP contribution in [0.15, 0.2) is 54.3 Å². The van der Waals surface area contributed by atoms with Gasteiger partial charge in [0.05, 0.1) is 13.0 Å². The van der Waals surface area contributed by atoms with Gasteiger partial charge in [0.2, 0.25) is 0 Å². The van der Waals surface area contributed by atoms with Gasteiger partial charge in [0, 0.05) is 7.11 Å². The molecular weight excluding hydrogens is 200 g/mol. The normalized spacial score (nSPS) is 20.6. The lowest BCUT2D eigenvalue weighted by Gasteiger charge is -2.26. The molecule has 0 bridgehead atoms. The summed E-state index contributed by atoms with van der Waals surface area (Å²) in [5.41, 5.74) is 1.18. The van der Waals surface area contributed by atoms with E-state index in [4.69, 9.17) is 9.47 Å². The van der Waals surface area contributed by atoms with Gasteiger partial charge in [0.1, 0.15) is 11.9 Å². The summed E-state index contributed by atoms with van der Waals surface area (Å²) in [6.45, 7) is 0. The first-order valence-electron chi connectivity index (χ1n) is 5.25. The van der Waals surface area contributed by atoms with Gasteiger partial charge in [-0.05, 0) is 17.7 Å². The first-order valence-corrected chi connectivity index (χ1v) is 5.25. The summed E-state index contributed by atoms with van der Waals surface area (Å²) in [6.07, 6.45) is 6.79. The molecule has 0 heterocycles. The Morgan fingerprint density at radius 3 is 2.38 bits per heavy atom. The maximum Gasteiger partial charge on any atom is 0.133 e. The Bertz CT molecular complexity index is 392. The number of rotatable bonds is 3. The van der Waals surface area contributed by atoms with Crippen LogP contribution in [-0.4, -0.2) is 14.2 Å². The zero-order valence-corrected chi connectivity index (χ0v) is 9.51. The lowest BCUT2D eigenvalue weighted by Crippen LogP contribution is -2.16. The van der Waals surface area contributed by atoms with Crippen LogP contribution >= 0.6 is 0 Å². The summed E-state index contributed by atoms with van der Waals surface area (Å²) in [5.74, 6) is 0.978. The highest BCUT2D eigenvalue weighted by Crippen LogP contribution is 2.37. The molecule has 0 fully saturated rings. The minimum atomic E-state index is 0.0706. The number of methoxy groups -OCH3 is 2. The van der Waals surface area contributed by atoms with Crippen molar-refractivity contribution in [3.63, 3.8) is 0 Å². The van der Waals surface area contributed by atoms with E-state index in [0.717, 1.165) is 11.9 Å². The highest BCUT2D eigenvalue weighted by Gasteiger charge is 2.28. The molecule has 0 saturated carbocycles. The van der Waals surface area contributed by atoms with Crippen molar-refractivity contribution in [3.8, 4) is 0 Å². The van der Waals surface area contributed by atoms with E-state index in [1.165, 1.54) is 5.56 Å². The van der Waals surface area contributed by atoms with E-state index in [0.29, 0.717) is 0 Å². The molecule has 0 aromatic heterocycles. The van der Waals surface area contributed by atoms with Crippen molar-refractivity contribution in [1.82, 2.24) is 0 Å². The van der Waals surface area contributed by atoms with E-state index in [1.807, 2.05) is 36.4 Å². The molecule has 1 atom stereocenters. The standard InChI is InChI=1S/C14H15O2/c1-15-12-9-6-10-13(16-2)14(12)11-7-4-3-5-8-11/h3-10,14H,1-2H3. The van der Waals surface area contributed by atoms with Crippen LogP contribution in [0.25, 0.3) is 0 Å². The maximum absolute atomic E-state index is 5.40. The van der Waals surface area contributed by atoms with Gasteiger partial charge < -0.3 is 9.47 Å². The third kappa shape index (κ3) is 2.02. The van der Waals surface area contributed by atoms with E-state index < -0.39 is 0 Å². The molecule has 0 saturated heterocycles. The summed E-state index contributed by atoms with van der Waals surface area (Å²) >= 11 is 0. The molecule has 2 heteroatoms. The molecular formula is C14H15O2. The predicted molar refractivity (Wildman–Crippen MR) is 63.7 cm³/mol. The maximum atomic E-state index is 5.40. The van der Waals surface area contributed by atoms with Crippen molar-refractivity contribution in [2.24, 2.45) is 0 Å². The lowest BCUT2D eigenvalue weighted by atomic mass is 9.88. The van der Waals surface area contributed by atoms with E-state index >= 15 is 0 Å². The summed E-state index contributed by atoms with van der Waals surface area (Å²) in [4.78, 5) is 0. The Morgan fingerprint density at radius 2 is 1.75 bits per heavy atom. The fraction of sp³-hybridized carbons (Fsp3) is 0.214. The number of ether oxygens (including phenoxy) is 2. The average Bonchev–Trinajstić information content (AvgIpc) is 2.38. The SMILES string of the molecule is CO[C]1C=CC=C(OC)C1c1ccccc1. The third-order valence-electron chi connectivity index (χ3n) is 2.69. The number of hydrogen-bond donors (Lipinski definition) is 0. The topological polar surface area (TPSA) is 18.5 Å². The molecule has 0 spiro atoms. The molecule has 0 aliphatic heterocycles. The average molecular weight is 215 g/mol. The van der Waals surface area contributed by atoms with E-state index in [-0.39, 0.29) is 5.92 Å². The van der Waals surface area contributed by atoms with Gasteiger partial charge in [-0.1, -0.05) is 36.4 Å². The van der Waals surface area contributed by atoms with Crippen molar-refractivity contribution in [2.45, 2.75) is 5.92 Å². The van der Waals surface area contributed by atoms with Crippen molar-refractivity contribution >= 4 is 0 Å². The predicted octanol–water partition coefficient (Wildman–Crippen LogP) is 3.05. The number of hydrogen-bond acceptors (Lipinski definition) is 2. The molecule has 1 radical (unpaired) electrons. The van der Waals surface area contributed by atoms with Crippen LogP contribution in [0, 0.1) is 6.10 Å². The van der Waals surface area contributed by atoms with Crippen molar-refractivity contribution < 1.29 is 9.47 Å². The van der Waals surface area contributed by atoms with Gasteiger partial charge in [-0.25, -0.2) is 0 Å². The first kappa shape index (κ1) is 11.0. The minimum Gasteiger partial charge on any atom is -0.500 e. The Balaban J connectivity index is 2.35. The fourth-order valence-electron chi connectivity index (χ4n) is 1.92. The third-order valence-corrected chi connectivity index (χ3v) is 2.69. The Hall–Kier alpha value is -1.54. The highest BCUT2D eigenvalue weighted by molar-refractivity contribution is 5.40. The lowest BCUT2D eigenvalue weighted by molar-refractivity contribution is 0.179. The molecule has 0 amide bonds. The molecule has 2 rings (SSSR count). The second-order valence-electron chi connectivity index (χ2n) is 3.58. The number of allylic oxidation sites excluding steroid dienone is 2. The van der Waals surface area contributed by atoms with Crippen LogP contribution in [-0.2, 0) is 9.47 Å². The molecule has 83 valence electrons. The molecule has 1 aliphatic rings. The summed E-state index contributed by atoms with van der Waals surface area (Å²) < 4.78 is 10.8. The summed E-state index contributed by atoms with van der Waals surface area (Å²) in [5, 5.41) is 0. The van der Waals surface area contributed by atoms with Gasteiger partial charge >= 0.3 is 0 Å². The van der Waals surface area contributed by atoms with Crippen LogP contribution in [0.4, 0.5) is 0 Å². The van der Waals surface area contributed by atoms with E-state index in [1.54, 1.807) is 14.2 Å². The van der Waals surface area contributed by atoms with Crippen LogP contribution in [0.5, 0.6) is 0 Å². The largest absolute Gasteiger partial charge is 0.500 e. The Labute approximate surface area is 96.2 Å². The van der Waals surface area contributed by atoms with Crippen molar-refractivity contribution in [1.29, 1.82) is 0 Å². The minimum absolute atomic E-state index is 0.0706. The molecule has 1 unspecified atom stereocenters. The van der Waals surface area contributed by atoms with E-state index in [2.05, 4.69) is 12.1 Å². The molecule has 1 aromatic rings. The van der Waals surface area contributed by atoms with Crippen LogP contribution < -0.4 is 0 Å². The van der Waals surface area contributed by atoms with E-state index in [9.17, 15) is 0 Å². The van der Waals surface area contributed by atoms with Gasteiger partial charge in [0.15, 0.2) is 0 Å². The summed E-state index contributed by atoms with van der Waals surface area (Å²) in [6, 6.07) is 10.2. The second-order valence-corrected chi connectivity index (χ2v) is 3.58. The highest BCUT2D eigenvalue weighted by atomic mass is 16.5. The molecule has 1 aliphatic carbocycles. The smallest absolute Gasteiger partial charge is 0.133 e. The second kappa shape index (κ2) is 4.99. The van der Waals surface area contributed by atoms with Crippen LogP contribution in [0.1, 0.15) is 11.5 Å². The zero-order valence-electron chi connectivity index (χ0n) is 9.51. The first-order chi connectivity index (χ1) is 7.86. The van der Waals surface area contributed by atoms with Crippen LogP contribution in [0.2, 0.25) is 0 Å². The van der Waals surface area contributed by atoms with Gasteiger partial charge in [0.25, 0.3) is 0 Å². The molecule has 2 nitrogen and oxygen atoms in total. The van der Waals surface area contributed by atoms with Crippen molar-refractivity contribution in [2.75, 3.05) is 14.2 Å². The molecule has 1 aromatic carbocycles. The molecule has 0 N–H and O–H groups in total. The zero-order chi connectivity index (χ0) is 11.4. The molecule has 16 heavy (non-hydrogen) atoms. The quantitative estimate of drug-likeness (QED) is 0.771. The van der Waals surface area contributed by atoms with Gasteiger partial charge in [-0.2, -0.15) is 0 Å². The van der Waals surface area contributed by atoms with Gasteiger partial charge in [-0.15, -0.1) is 0 Å².